The number of phenols is 1. The van der Waals surface area contributed by atoms with E-state index < -0.39 is 6.03 Å². The summed E-state index contributed by atoms with van der Waals surface area (Å²) in [7, 11) is 0. The Labute approximate surface area is 140 Å². The van der Waals surface area contributed by atoms with E-state index in [-0.39, 0.29) is 12.5 Å². The number of aryl methyl sites for hydroxylation is 3. The van der Waals surface area contributed by atoms with Gasteiger partial charge in [0.05, 0.1) is 5.69 Å². The van der Waals surface area contributed by atoms with Gasteiger partial charge in [-0.05, 0) is 61.7 Å². The molecule has 0 spiro atoms. The normalized spacial score (nSPS) is 10.3. The van der Waals surface area contributed by atoms with E-state index in [2.05, 4.69) is 10.6 Å². The molecule has 2 rings (SSSR count). The minimum absolute atomic E-state index is 0.00102. The summed E-state index contributed by atoms with van der Waals surface area (Å²) in [4.78, 5) is 11.8. The smallest absolute Gasteiger partial charge is 0.321 e. The highest BCUT2D eigenvalue weighted by Gasteiger charge is 2.07. The molecule has 0 unspecified atom stereocenters. The van der Waals surface area contributed by atoms with Gasteiger partial charge in [-0.2, -0.15) is 0 Å². The topological polar surface area (TPSA) is 70.6 Å². The summed E-state index contributed by atoms with van der Waals surface area (Å²) in [5.74, 6) is 0.646. The van der Waals surface area contributed by atoms with Crippen LogP contribution in [0.1, 0.15) is 16.7 Å². The SMILES string of the molecule is Cc1ccc(NC(=O)NCOc2cc(C)c(Cl)c(C)c2)c(O)c1. The largest absolute Gasteiger partial charge is 0.506 e. The fourth-order valence-electron chi connectivity index (χ4n) is 2.09. The van der Waals surface area contributed by atoms with Gasteiger partial charge in [-0.1, -0.05) is 17.7 Å². The first-order valence-electron chi connectivity index (χ1n) is 7.11. The molecule has 2 aromatic carbocycles. The van der Waals surface area contributed by atoms with Crippen LogP contribution in [0.25, 0.3) is 0 Å². The van der Waals surface area contributed by atoms with Crippen molar-refractivity contribution in [2.75, 3.05) is 12.0 Å². The van der Waals surface area contributed by atoms with E-state index in [1.807, 2.05) is 20.8 Å². The average molecular weight is 335 g/mol. The van der Waals surface area contributed by atoms with Crippen LogP contribution in [0.15, 0.2) is 30.3 Å². The number of benzene rings is 2. The zero-order valence-corrected chi connectivity index (χ0v) is 14.0. The van der Waals surface area contributed by atoms with E-state index in [0.29, 0.717) is 16.5 Å². The molecule has 23 heavy (non-hydrogen) atoms. The Kier molecular flexibility index (Phi) is 5.34. The highest BCUT2D eigenvalue weighted by Crippen LogP contribution is 2.26. The minimum atomic E-state index is -0.466. The number of hydrogen-bond donors (Lipinski definition) is 3. The second-order valence-electron chi connectivity index (χ2n) is 5.31. The van der Waals surface area contributed by atoms with Crippen LogP contribution < -0.4 is 15.4 Å². The number of carbonyl (C=O) groups excluding carboxylic acids is 1. The maximum Gasteiger partial charge on any atom is 0.321 e. The number of ether oxygens (including phenoxy) is 1. The van der Waals surface area contributed by atoms with E-state index in [1.54, 1.807) is 30.3 Å². The van der Waals surface area contributed by atoms with Gasteiger partial charge in [0, 0.05) is 5.02 Å². The van der Waals surface area contributed by atoms with Gasteiger partial charge in [-0.3, -0.25) is 0 Å². The van der Waals surface area contributed by atoms with Crippen LogP contribution in [0.2, 0.25) is 5.02 Å². The molecule has 2 amide bonds. The summed E-state index contributed by atoms with van der Waals surface area (Å²) in [5, 5.41) is 15.6. The number of amides is 2. The van der Waals surface area contributed by atoms with Crippen molar-refractivity contribution in [3.63, 3.8) is 0 Å². The zero-order valence-electron chi connectivity index (χ0n) is 13.2. The van der Waals surface area contributed by atoms with Crippen LogP contribution in [0.5, 0.6) is 11.5 Å². The van der Waals surface area contributed by atoms with Crippen molar-refractivity contribution in [3.8, 4) is 11.5 Å². The lowest BCUT2D eigenvalue weighted by Crippen LogP contribution is -2.32. The van der Waals surface area contributed by atoms with Crippen LogP contribution in [-0.2, 0) is 0 Å². The third-order valence-electron chi connectivity index (χ3n) is 3.28. The number of phenolic OH excluding ortho intramolecular Hbond substituents is 1. The Morgan fingerprint density at radius 1 is 1.17 bits per heavy atom. The Morgan fingerprint density at radius 3 is 2.43 bits per heavy atom. The predicted molar refractivity (Wildman–Crippen MR) is 91.4 cm³/mol. The molecular formula is C17H19ClN2O3. The van der Waals surface area contributed by atoms with E-state index in [9.17, 15) is 9.90 Å². The molecule has 122 valence electrons. The quantitative estimate of drug-likeness (QED) is 0.581. The number of hydrogen-bond acceptors (Lipinski definition) is 3. The van der Waals surface area contributed by atoms with Crippen molar-refractivity contribution in [2.45, 2.75) is 20.8 Å². The molecule has 6 heteroatoms. The molecule has 2 aromatic rings. The highest BCUT2D eigenvalue weighted by molar-refractivity contribution is 6.32. The molecule has 0 aliphatic rings. The molecule has 0 saturated heterocycles. The molecule has 3 N–H and O–H groups in total. The molecule has 0 aliphatic heterocycles. The molecule has 5 nitrogen and oxygen atoms in total. The second-order valence-corrected chi connectivity index (χ2v) is 5.69. The van der Waals surface area contributed by atoms with Crippen LogP contribution in [0, 0.1) is 20.8 Å². The number of rotatable bonds is 4. The van der Waals surface area contributed by atoms with E-state index >= 15 is 0 Å². The monoisotopic (exact) mass is 334 g/mol. The van der Waals surface area contributed by atoms with Crippen molar-refractivity contribution >= 4 is 23.3 Å². The number of urea groups is 1. The molecule has 0 atom stereocenters. The molecule has 0 fully saturated rings. The average Bonchev–Trinajstić information content (AvgIpc) is 2.47. The zero-order chi connectivity index (χ0) is 17.0. The van der Waals surface area contributed by atoms with Crippen molar-refractivity contribution in [1.29, 1.82) is 0 Å². The van der Waals surface area contributed by atoms with Crippen LogP contribution in [-0.4, -0.2) is 17.9 Å². The van der Waals surface area contributed by atoms with Crippen molar-refractivity contribution in [3.05, 3.63) is 52.0 Å². The number of anilines is 1. The van der Waals surface area contributed by atoms with Gasteiger partial charge < -0.3 is 20.5 Å². The molecular weight excluding hydrogens is 316 g/mol. The maximum absolute atomic E-state index is 11.8. The van der Waals surface area contributed by atoms with Gasteiger partial charge in [0.2, 0.25) is 0 Å². The lowest BCUT2D eigenvalue weighted by atomic mass is 10.1. The molecule has 0 bridgehead atoms. The lowest BCUT2D eigenvalue weighted by Gasteiger charge is -2.12. The first-order chi connectivity index (χ1) is 10.9. The van der Waals surface area contributed by atoms with Gasteiger partial charge in [0.15, 0.2) is 6.73 Å². The first-order valence-corrected chi connectivity index (χ1v) is 7.48. The summed E-state index contributed by atoms with van der Waals surface area (Å²) < 4.78 is 5.49. The number of carbonyl (C=O) groups is 1. The third kappa shape index (κ3) is 4.53. The van der Waals surface area contributed by atoms with Gasteiger partial charge >= 0.3 is 6.03 Å². The second kappa shape index (κ2) is 7.24. The van der Waals surface area contributed by atoms with Gasteiger partial charge in [0.25, 0.3) is 0 Å². The Balaban J connectivity index is 1.87. The molecule has 0 heterocycles. The Morgan fingerprint density at radius 2 is 1.83 bits per heavy atom. The maximum atomic E-state index is 11.8. The van der Waals surface area contributed by atoms with Crippen molar-refractivity contribution < 1.29 is 14.6 Å². The highest BCUT2D eigenvalue weighted by atomic mass is 35.5. The summed E-state index contributed by atoms with van der Waals surface area (Å²) >= 11 is 6.09. The lowest BCUT2D eigenvalue weighted by molar-refractivity contribution is 0.234. The van der Waals surface area contributed by atoms with Crippen LogP contribution in [0.4, 0.5) is 10.5 Å². The van der Waals surface area contributed by atoms with E-state index in [0.717, 1.165) is 16.7 Å². The summed E-state index contributed by atoms with van der Waals surface area (Å²) in [6.07, 6.45) is 0. The molecule has 0 radical (unpaired) electrons. The van der Waals surface area contributed by atoms with Crippen LogP contribution >= 0.6 is 11.6 Å². The standard InChI is InChI=1S/C17H19ClN2O3/c1-10-4-5-14(15(21)6-10)20-17(22)19-9-23-13-7-11(2)16(18)12(3)8-13/h4-8,21H,9H2,1-3H3,(H2,19,20,22). The van der Waals surface area contributed by atoms with E-state index in [1.165, 1.54) is 0 Å². The Hall–Kier alpha value is -2.40. The number of aromatic hydroxyl groups is 1. The first kappa shape index (κ1) is 17.0. The van der Waals surface area contributed by atoms with Gasteiger partial charge in [-0.25, -0.2) is 4.79 Å². The Bertz CT molecular complexity index is 709. The fourth-order valence-corrected chi connectivity index (χ4v) is 2.20. The van der Waals surface area contributed by atoms with Crippen molar-refractivity contribution in [1.82, 2.24) is 5.32 Å². The van der Waals surface area contributed by atoms with E-state index in [4.69, 9.17) is 16.3 Å². The summed E-state index contributed by atoms with van der Waals surface area (Å²) in [6, 6.07) is 8.15. The minimum Gasteiger partial charge on any atom is -0.506 e. The number of halogens is 1. The molecule has 0 aromatic heterocycles. The van der Waals surface area contributed by atoms with Crippen molar-refractivity contribution in [2.24, 2.45) is 0 Å². The fraction of sp³-hybridized carbons (Fsp3) is 0.235. The molecule has 0 saturated carbocycles. The van der Waals surface area contributed by atoms with Gasteiger partial charge in [0.1, 0.15) is 11.5 Å². The number of nitrogens with one attached hydrogen (secondary N) is 2. The van der Waals surface area contributed by atoms with Crippen LogP contribution in [0.3, 0.4) is 0 Å². The molecule has 0 aliphatic carbocycles. The van der Waals surface area contributed by atoms with Gasteiger partial charge in [-0.15, -0.1) is 0 Å². The summed E-state index contributed by atoms with van der Waals surface area (Å²) in [5.41, 5.74) is 3.07. The third-order valence-corrected chi connectivity index (χ3v) is 3.88. The summed E-state index contributed by atoms with van der Waals surface area (Å²) in [6.45, 7) is 5.64. The predicted octanol–water partition coefficient (Wildman–Crippen LogP) is 4.13.